The van der Waals surface area contributed by atoms with E-state index in [9.17, 15) is 16.8 Å². The molecule has 3 N–H and O–H groups in total. The van der Waals surface area contributed by atoms with Crippen LogP contribution < -0.4 is 10.5 Å². The molecule has 21 heavy (non-hydrogen) atoms. The summed E-state index contributed by atoms with van der Waals surface area (Å²) in [6.45, 7) is 0.418. The van der Waals surface area contributed by atoms with Gasteiger partial charge in [-0.15, -0.1) is 0 Å². The standard InChI is InChI=1S/C13H20N2O4S2/c1-20(16,17)12-7-2-3-8-13(12)21(18,19)15-11-6-4-5-10(11)9-14/h2-3,7-8,10-11,15H,4-6,9,14H2,1H3/t10-,11+/m0/s1. The summed E-state index contributed by atoms with van der Waals surface area (Å²) < 4.78 is 51.1. The average molecular weight is 332 g/mol. The van der Waals surface area contributed by atoms with Crippen molar-refractivity contribution in [2.24, 2.45) is 11.7 Å². The summed E-state index contributed by atoms with van der Waals surface area (Å²) in [6.07, 6.45) is 3.53. The molecule has 0 heterocycles. The average Bonchev–Trinajstić information content (AvgIpc) is 2.84. The Kier molecular flexibility index (Phi) is 4.72. The zero-order chi connectivity index (χ0) is 15.7. The highest BCUT2D eigenvalue weighted by atomic mass is 32.2. The molecule has 0 spiro atoms. The molecule has 1 aliphatic rings. The number of nitrogens with two attached hydrogens (primary N) is 1. The molecule has 1 aliphatic carbocycles. The lowest BCUT2D eigenvalue weighted by atomic mass is 10.1. The van der Waals surface area contributed by atoms with Crippen LogP contribution in [0, 0.1) is 5.92 Å². The summed E-state index contributed by atoms with van der Waals surface area (Å²) in [5.74, 6) is 0.102. The molecule has 1 aromatic carbocycles. The van der Waals surface area contributed by atoms with Crippen molar-refractivity contribution in [1.29, 1.82) is 0 Å². The van der Waals surface area contributed by atoms with E-state index in [1.165, 1.54) is 24.3 Å². The van der Waals surface area contributed by atoms with Gasteiger partial charge in [0.15, 0.2) is 9.84 Å². The lowest BCUT2D eigenvalue weighted by molar-refractivity contribution is 0.452. The van der Waals surface area contributed by atoms with Gasteiger partial charge in [-0.2, -0.15) is 0 Å². The van der Waals surface area contributed by atoms with E-state index < -0.39 is 19.9 Å². The van der Waals surface area contributed by atoms with Gasteiger partial charge in [-0.3, -0.25) is 0 Å². The topological polar surface area (TPSA) is 106 Å². The fraction of sp³-hybridized carbons (Fsp3) is 0.538. The predicted molar refractivity (Wildman–Crippen MR) is 80.1 cm³/mol. The van der Waals surface area contributed by atoms with E-state index in [-0.39, 0.29) is 21.8 Å². The fourth-order valence-corrected chi connectivity index (χ4v) is 5.68. The quantitative estimate of drug-likeness (QED) is 0.816. The fourth-order valence-electron chi connectivity index (χ4n) is 2.72. The van der Waals surface area contributed by atoms with Gasteiger partial charge in [-0.25, -0.2) is 21.6 Å². The monoisotopic (exact) mass is 332 g/mol. The van der Waals surface area contributed by atoms with Crippen LogP contribution in [0.3, 0.4) is 0 Å². The number of hydrogen-bond donors (Lipinski definition) is 2. The van der Waals surface area contributed by atoms with Crippen LogP contribution >= 0.6 is 0 Å². The molecule has 8 heteroatoms. The third-order valence-corrected chi connectivity index (χ3v) is 6.64. The van der Waals surface area contributed by atoms with Gasteiger partial charge in [0, 0.05) is 12.3 Å². The minimum atomic E-state index is -3.89. The summed E-state index contributed by atoms with van der Waals surface area (Å²) in [7, 11) is -7.50. The van der Waals surface area contributed by atoms with E-state index in [0.717, 1.165) is 25.5 Å². The van der Waals surface area contributed by atoms with Gasteiger partial charge in [0.05, 0.1) is 4.90 Å². The largest absolute Gasteiger partial charge is 0.330 e. The Morgan fingerprint density at radius 3 is 2.33 bits per heavy atom. The molecular weight excluding hydrogens is 312 g/mol. The minimum absolute atomic E-state index is 0.102. The van der Waals surface area contributed by atoms with Gasteiger partial charge in [0.1, 0.15) is 4.90 Å². The van der Waals surface area contributed by atoms with Crippen molar-refractivity contribution >= 4 is 19.9 Å². The van der Waals surface area contributed by atoms with Crippen LogP contribution in [0.1, 0.15) is 19.3 Å². The first-order valence-corrected chi connectivity index (χ1v) is 10.1. The number of sulfone groups is 1. The van der Waals surface area contributed by atoms with Crippen molar-refractivity contribution < 1.29 is 16.8 Å². The first-order valence-electron chi connectivity index (χ1n) is 6.77. The van der Waals surface area contributed by atoms with Crippen molar-refractivity contribution in [1.82, 2.24) is 4.72 Å². The Labute approximate surface area is 125 Å². The van der Waals surface area contributed by atoms with E-state index >= 15 is 0 Å². The second-order valence-corrected chi connectivity index (χ2v) is 9.04. The molecule has 1 aromatic rings. The molecule has 2 rings (SSSR count). The normalized spacial score (nSPS) is 23.3. The molecule has 0 saturated heterocycles. The van der Waals surface area contributed by atoms with Crippen LogP contribution in [0.5, 0.6) is 0 Å². The third kappa shape index (κ3) is 3.63. The van der Waals surface area contributed by atoms with Crippen molar-refractivity contribution in [3.8, 4) is 0 Å². The lowest BCUT2D eigenvalue weighted by Crippen LogP contribution is -2.40. The molecule has 0 radical (unpaired) electrons. The minimum Gasteiger partial charge on any atom is -0.330 e. The number of nitrogens with one attached hydrogen (secondary N) is 1. The van der Waals surface area contributed by atoms with E-state index in [1.54, 1.807) is 0 Å². The van der Waals surface area contributed by atoms with E-state index in [2.05, 4.69) is 4.72 Å². The third-order valence-electron chi connectivity index (χ3n) is 3.81. The molecule has 0 unspecified atom stereocenters. The number of sulfonamides is 1. The Morgan fingerprint density at radius 1 is 1.14 bits per heavy atom. The van der Waals surface area contributed by atoms with Crippen LogP contribution in [-0.2, 0) is 19.9 Å². The van der Waals surface area contributed by atoms with Gasteiger partial charge < -0.3 is 5.73 Å². The maximum absolute atomic E-state index is 12.5. The first kappa shape index (κ1) is 16.4. The molecule has 1 saturated carbocycles. The molecule has 0 aliphatic heterocycles. The molecule has 6 nitrogen and oxygen atoms in total. The van der Waals surface area contributed by atoms with Crippen LogP contribution in [0.25, 0.3) is 0 Å². The summed E-state index contributed by atoms with van der Waals surface area (Å²) in [6, 6.07) is 5.41. The highest BCUT2D eigenvalue weighted by Crippen LogP contribution is 2.27. The second-order valence-electron chi connectivity index (χ2n) is 5.37. The highest BCUT2D eigenvalue weighted by Gasteiger charge is 2.32. The van der Waals surface area contributed by atoms with Gasteiger partial charge in [-0.1, -0.05) is 18.6 Å². The van der Waals surface area contributed by atoms with Gasteiger partial charge >= 0.3 is 0 Å². The predicted octanol–water partition coefficient (Wildman–Crippen LogP) is 0.496. The van der Waals surface area contributed by atoms with Crippen molar-refractivity contribution in [3.63, 3.8) is 0 Å². The van der Waals surface area contributed by atoms with Gasteiger partial charge in [0.2, 0.25) is 10.0 Å². The van der Waals surface area contributed by atoms with Crippen molar-refractivity contribution in [3.05, 3.63) is 24.3 Å². The van der Waals surface area contributed by atoms with E-state index in [1.807, 2.05) is 0 Å². The molecular formula is C13H20N2O4S2. The molecule has 0 aromatic heterocycles. The summed E-state index contributed by atoms with van der Waals surface area (Å²) in [4.78, 5) is -0.380. The van der Waals surface area contributed by atoms with Gasteiger partial charge in [0.25, 0.3) is 0 Å². The first-order chi connectivity index (χ1) is 9.75. The molecule has 2 atom stereocenters. The van der Waals surface area contributed by atoms with Crippen LogP contribution in [-0.4, -0.2) is 35.7 Å². The summed E-state index contributed by atoms with van der Waals surface area (Å²) in [5.41, 5.74) is 5.65. The second kappa shape index (κ2) is 6.04. The maximum Gasteiger partial charge on any atom is 0.242 e. The zero-order valence-corrected chi connectivity index (χ0v) is 13.5. The zero-order valence-electron chi connectivity index (χ0n) is 11.8. The lowest BCUT2D eigenvalue weighted by Gasteiger charge is -2.20. The Bertz CT molecular complexity index is 713. The molecule has 1 fully saturated rings. The van der Waals surface area contributed by atoms with Crippen LogP contribution in [0.2, 0.25) is 0 Å². The Balaban J connectivity index is 2.37. The summed E-state index contributed by atoms with van der Waals surface area (Å²) in [5, 5.41) is 0. The number of rotatable bonds is 5. The maximum atomic E-state index is 12.5. The highest BCUT2D eigenvalue weighted by molar-refractivity contribution is 7.93. The molecule has 0 amide bonds. The van der Waals surface area contributed by atoms with Crippen molar-refractivity contribution in [2.45, 2.75) is 35.1 Å². The smallest absolute Gasteiger partial charge is 0.242 e. The van der Waals surface area contributed by atoms with Crippen LogP contribution in [0.4, 0.5) is 0 Å². The molecule has 0 bridgehead atoms. The Hall–Kier alpha value is -0.960. The molecule has 118 valence electrons. The van der Waals surface area contributed by atoms with Crippen LogP contribution in [0.15, 0.2) is 34.1 Å². The number of benzene rings is 1. The van der Waals surface area contributed by atoms with E-state index in [0.29, 0.717) is 6.54 Å². The van der Waals surface area contributed by atoms with E-state index in [4.69, 9.17) is 5.73 Å². The van der Waals surface area contributed by atoms with Crippen molar-refractivity contribution in [2.75, 3.05) is 12.8 Å². The Morgan fingerprint density at radius 2 is 1.76 bits per heavy atom. The SMILES string of the molecule is CS(=O)(=O)c1ccccc1S(=O)(=O)N[C@@H]1CCC[C@H]1CN. The number of hydrogen-bond acceptors (Lipinski definition) is 5. The van der Waals surface area contributed by atoms with Gasteiger partial charge in [-0.05, 0) is 37.4 Å². The summed E-state index contributed by atoms with van der Waals surface area (Å²) >= 11 is 0.